The summed E-state index contributed by atoms with van der Waals surface area (Å²) in [5.41, 5.74) is 31.8. The Kier molecular flexibility index (Phi) is 11.1. The predicted octanol–water partition coefficient (Wildman–Crippen LogP) is 23.5. The highest BCUT2D eigenvalue weighted by Gasteiger charge is 2.48. The molecule has 4 heterocycles. The quantitative estimate of drug-likeness (QED) is 0.164. The molecule has 4 aliphatic rings. The summed E-state index contributed by atoms with van der Waals surface area (Å²) in [6, 6.07) is 101. The van der Waals surface area contributed by atoms with E-state index in [9.17, 15) is 0 Å². The van der Waals surface area contributed by atoms with Gasteiger partial charge in [0, 0.05) is 21.7 Å². The Bertz CT molecular complexity index is 4790. The molecule has 0 radical (unpaired) electrons. The minimum Gasteiger partial charge on any atom is -0.309 e. The molecular weight excluding hydrogens is 1060 g/mol. The molecule has 0 saturated carbocycles. The molecule has 2 nitrogen and oxygen atoms in total. The number of hydrogen-bond donors (Lipinski definition) is 0. The van der Waals surface area contributed by atoms with Crippen LogP contribution < -0.4 is 9.80 Å². The van der Waals surface area contributed by atoms with Crippen LogP contribution in [0.1, 0.15) is 99.9 Å². The van der Waals surface area contributed by atoms with Gasteiger partial charge in [-0.3, -0.25) is 0 Å². The second-order valence-corrected chi connectivity index (χ2v) is 27.4. The first-order valence-electron chi connectivity index (χ1n) is 31.4. The molecule has 422 valence electrons. The summed E-state index contributed by atoms with van der Waals surface area (Å²) < 4.78 is 0. The monoisotopic (exact) mass is 1130 g/mol. The lowest BCUT2D eigenvalue weighted by Crippen LogP contribution is -2.38. The highest BCUT2D eigenvalue weighted by atomic mass is 15.2. The molecule has 0 aliphatic carbocycles. The van der Waals surface area contributed by atoms with Gasteiger partial charge in [-0.2, -0.15) is 0 Å². The maximum absolute atomic E-state index is 2.61. The van der Waals surface area contributed by atoms with Crippen LogP contribution in [0.4, 0.5) is 34.1 Å². The molecule has 88 heavy (non-hydrogen) atoms. The molecule has 13 aromatic rings. The Labute approximate surface area is 517 Å². The van der Waals surface area contributed by atoms with E-state index in [0.29, 0.717) is 0 Å². The van der Waals surface area contributed by atoms with E-state index in [0.717, 1.165) is 0 Å². The Morgan fingerprint density at radius 1 is 0.182 bits per heavy atom. The molecule has 0 fully saturated rings. The molecule has 4 aliphatic heterocycles. The smallest absolute Gasteiger partial charge is 0.0544 e. The van der Waals surface area contributed by atoms with Gasteiger partial charge in [-0.15, -0.1) is 0 Å². The maximum Gasteiger partial charge on any atom is 0.0544 e. The van der Waals surface area contributed by atoms with E-state index in [1.54, 1.807) is 0 Å². The molecular formula is C86H68N2. The van der Waals surface area contributed by atoms with Crippen LogP contribution in [0, 0.1) is 0 Å². The first-order valence-corrected chi connectivity index (χ1v) is 31.4. The standard InChI is InChI=1S/C86H68N2/c1-83(2)69-45-63(53-19-11-9-12-20-53)35-39-77(69)87-78-40-36-64(54-21-13-10-14-22-54)46-70(78)84(3,4)74-50-67(49-73(83)81(74)87)57-27-29-58(30-28-57)68-51-75-82-76(52-68)86(7,8)72-48-66(62-34-32-56-24-16-18-26-60(56)44-62)38-42-80(72)88(82)79-41-37-65(47-71(79)85(75,5)6)61-33-31-55-23-15-17-25-59(55)43-61/h9-52H,1-8H3. The number of rotatable bonds is 6. The summed E-state index contributed by atoms with van der Waals surface area (Å²) in [4.78, 5) is 5.21. The predicted molar refractivity (Wildman–Crippen MR) is 372 cm³/mol. The number of nitrogens with zero attached hydrogens (tertiary/aromatic N) is 2. The Balaban J connectivity index is 0.821. The fourth-order valence-corrected chi connectivity index (χ4v) is 15.8. The maximum atomic E-state index is 2.61. The van der Waals surface area contributed by atoms with Crippen molar-refractivity contribution >= 4 is 55.7 Å². The van der Waals surface area contributed by atoms with Crippen LogP contribution >= 0.6 is 0 Å². The lowest BCUT2D eigenvalue weighted by molar-refractivity contribution is 0.597. The van der Waals surface area contributed by atoms with Gasteiger partial charge in [-0.25, -0.2) is 0 Å². The largest absolute Gasteiger partial charge is 0.309 e. The summed E-state index contributed by atoms with van der Waals surface area (Å²) >= 11 is 0. The molecule has 0 amide bonds. The van der Waals surface area contributed by atoms with Crippen molar-refractivity contribution in [3.05, 3.63) is 311 Å². The molecule has 0 spiro atoms. The average Bonchev–Trinajstić information content (AvgIpc) is 1.29. The van der Waals surface area contributed by atoms with Gasteiger partial charge in [0.05, 0.1) is 34.1 Å². The number of fused-ring (bicyclic) bond motifs is 10. The van der Waals surface area contributed by atoms with Crippen molar-refractivity contribution in [2.24, 2.45) is 0 Å². The third-order valence-electron chi connectivity index (χ3n) is 20.9. The first-order chi connectivity index (χ1) is 42.6. The molecule has 17 rings (SSSR count). The van der Waals surface area contributed by atoms with Crippen molar-refractivity contribution in [3.63, 3.8) is 0 Å². The summed E-state index contributed by atoms with van der Waals surface area (Å²) in [5.74, 6) is 0. The SMILES string of the molecule is CC1(C)c2cc(-c3ccccc3)ccc2N2c3ccc(-c4ccccc4)cc3C(C)(C)c3cc(-c4ccc(-c5cc6c7c(c5)C(C)(C)c5cc(-c8ccc9ccccc9c8)ccc5N7c5ccc(-c7ccc8ccccc8c7)cc5C6(C)C)cc4)cc1c32. The van der Waals surface area contributed by atoms with E-state index in [4.69, 9.17) is 0 Å². The van der Waals surface area contributed by atoms with Crippen molar-refractivity contribution < 1.29 is 0 Å². The summed E-state index contributed by atoms with van der Waals surface area (Å²) in [5, 5.41) is 5.02. The highest BCUT2D eigenvalue weighted by Crippen LogP contribution is 2.64. The summed E-state index contributed by atoms with van der Waals surface area (Å²) in [7, 11) is 0. The van der Waals surface area contributed by atoms with Crippen molar-refractivity contribution in [1.29, 1.82) is 0 Å². The fourth-order valence-electron chi connectivity index (χ4n) is 15.8. The van der Waals surface area contributed by atoms with E-state index in [-0.39, 0.29) is 21.7 Å². The van der Waals surface area contributed by atoms with Crippen molar-refractivity contribution in [2.45, 2.75) is 77.0 Å². The van der Waals surface area contributed by atoms with Gasteiger partial charge in [0.2, 0.25) is 0 Å². The third kappa shape index (κ3) is 7.67. The minimum absolute atomic E-state index is 0.310. The molecule has 0 bridgehead atoms. The van der Waals surface area contributed by atoms with Crippen LogP contribution in [0.3, 0.4) is 0 Å². The fraction of sp³-hybridized carbons (Fsp3) is 0.140. The van der Waals surface area contributed by atoms with Crippen LogP contribution in [0.2, 0.25) is 0 Å². The van der Waals surface area contributed by atoms with Gasteiger partial charge in [-0.1, -0.05) is 237 Å². The van der Waals surface area contributed by atoms with Crippen LogP contribution in [-0.2, 0) is 21.7 Å². The van der Waals surface area contributed by atoms with E-state index in [1.165, 1.54) is 167 Å². The molecule has 2 heteroatoms. The highest BCUT2D eigenvalue weighted by molar-refractivity contribution is 5.99. The van der Waals surface area contributed by atoms with E-state index < -0.39 is 0 Å². The first kappa shape index (κ1) is 52.3. The van der Waals surface area contributed by atoms with E-state index in [1.807, 2.05) is 0 Å². The normalized spacial score (nSPS) is 15.6. The second-order valence-electron chi connectivity index (χ2n) is 27.4. The van der Waals surface area contributed by atoms with Crippen molar-refractivity contribution in [1.82, 2.24) is 0 Å². The molecule has 0 atom stereocenters. The number of hydrogen-bond acceptors (Lipinski definition) is 2. The van der Waals surface area contributed by atoms with Crippen molar-refractivity contribution in [2.75, 3.05) is 9.80 Å². The van der Waals surface area contributed by atoms with Gasteiger partial charge in [0.25, 0.3) is 0 Å². The Morgan fingerprint density at radius 3 is 0.727 bits per heavy atom. The zero-order valence-electron chi connectivity index (χ0n) is 51.3. The molecule has 13 aromatic carbocycles. The molecule has 0 N–H and O–H groups in total. The Hall–Kier alpha value is -10.0. The summed E-state index contributed by atoms with van der Waals surface area (Å²) in [6.07, 6.45) is 0. The topological polar surface area (TPSA) is 6.48 Å². The number of anilines is 6. The lowest BCUT2D eigenvalue weighted by atomic mass is 9.65. The Morgan fingerprint density at radius 2 is 0.409 bits per heavy atom. The minimum atomic E-state index is -0.337. The zero-order chi connectivity index (χ0) is 59.6. The van der Waals surface area contributed by atoms with Crippen LogP contribution in [0.5, 0.6) is 0 Å². The lowest BCUT2D eigenvalue weighted by Gasteiger charge is -2.50. The van der Waals surface area contributed by atoms with E-state index >= 15 is 0 Å². The van der Waals surface area contributed by atoms with Gasteiger partial charge in [-0.05, 0) is 218 Å². The molecule has 0 saturated heterocycles. The van der Waals surface area contributed by atoms with Crippen molar-refractivity contribution in [3.8, 4) is 66.8 Å². The molecule has 0 aromatic heterocycles. The third-order valence-corrected chi connectivity index (χ3v) is 20.9. The second kappa shape index (κ2) is 18.7. The molecule has 0 unspecified atom stereocenters. The average molecular weight is 1130 g/mol. The van der Waals surface area contributed by atoms with E-state index in [2.05, 4.69) is 332 Å². The summed E-state index contributed by atoms with van der Waals surface area (Å²) in [6.45, 7) is 19.6. The van der Waals surface area contributed by atoms with Gasteiger partial charge in [0.1, 0.15) is 0 Å². The van der Waals surface area contributed by atoms with Gasteiger partial charge < -0.3 is 9.80 Å². The van der Waals surface area contributed by atoms with Crippen LogP contribution in [0.25, 0.3) is 88.3 Å². The zero-order valence-corrected chi connectivity index (χ0v) is 51.3. The van der Waals surface area contributed by atoms with Crippen LogP contribution in [0.15, 0.2) is 267 Å². The van der Waals surface area contributed by atoms with Gasteiger partial charge >= 0.3 is 0 Å². The van der Waals surface area contributed by atoms with Gasteiger partial charge in [0.15, 0.2) is 0 Å². The number of benzene rings is 13. The van der Waals surface area contributed by atoms with Crippen LogP contribution in [-0.4, -0.2) is 0 Å².